The summed E-state index contributed by atoms with van der Waals surface area (Å²) in [6.07, 6.45) is 1.79. The molecule has 4 nitrogen and oxygen atoms in total. The maximum atomic E-state index is 13.7. The molecule has 23 heavy (non-hydrogen) atoms. The van der Waals surface area contributed by atoms with Crippen LogP contribution in [0.2, 0.25) is 0 Å². The highest BCUT2D eigenvalue weighted by atomic mass is 19.1. The van der Waals surface area contributed by atoms with Gasteiger partial charge in [-0.15, -0.1) is 0 Å². The highest BCUT2D eigenvalue weighted by Crippen LogP contribution is 2.48. The van der Waals surface area contributed by atoms with Crippen LogP contribution in [0.15, 0.2) is 47.1 Å². The largest absolute Gasteiger partial charge is 0.467 e. The van der Waals surface area contributed by atoms with Gasteiger partial charge >= 0.3 is 0 Å². The number of hydrogen-bond acceptors (Lipinski definition) is 3. The van der Waals surface area contributed by atoms with Crippen LogP contribution in [-0.4, -0.2) is 17.1 Å². The molecule has 1 aromatic carbocycles. The van der Waals surface area contributed by atoms with Crippen molar-refractivity contribution in [2.24, 2.45) is 5.92 Å². The Morgan fingerprint density at radius 1 is 1.39 bits per heavy atom. The van der Waals surface area contributed by atoms with Crippen LogP contribution in [0, 0.1) is 11.7 Å². The molecular formula is C18H20FNO3. The molecule has 0 spiro atoms. The van der Waals surface area contributed by atoms with Crippen LogP contribution >= 0.6 is 0 Å². The molecule has 4 unspecified atom stereocenters. The molecule has 122 valence electrons. The maximum Gasteiger partial charge on any atom is 0.223 e. The molecule has 1 saturated carbocycles. The molecule has 2 N–H and O–H groups in total. The van der Waals surface area contributed by atoms with E-state index in [4.69, 9.17) is 4.42 Å². The second-order valence-electron chi connectivity index (χ2n) is 6.15. The summed E-state index contributed by atoms with van der Waals surface area (Å²) in [6.45, 7) is 1.84. The SMILES string of the molecule is CC(CC(O)c1ccco1)NC(=O)C1CC1c1ccccc1F. The van der Waals surface area contributed by atoms with E-state index in [1.165, 1.54) is 12.3 Å². The van der Waals surface area contributed by atoms with Gasteiger partial charge in [-0.2, -0.15) is 0 Å². The molecule has 0 bridgehead atoms. The molecule has 5 heteroatoms. The summed E-state index contributed by atoms with van der Waals surface area (Å²) >= 11 is 0. The number of amides is 1. The van der Waals surface area contributed by atoms with Crippen molar-refractivity contribution in [3.63, 3.8) is 0 Å². The molecule has 1 aliphatic rings. The van der Waals surface area contributed by atoms with Crippen molar-refractivity contribution in [2.75, 3.05) is 0 Å². The predicted molar refractivity (Wildman–Crippen MR) is 83.1 cm³/mol. The van der Waals surface area contributed by atoms with Gasteiger partial charge in [0.05, 0.1) is 6.26 Å². The van der Waals surface area contributed by atoms with E-state index in [0.29, 0.717) is 24.2 Å². The third-order valence-electron chi connectivity index (χ3n) is 4.27. The topological polar surface area (TPSA) is 62.5 Å². The lowest BCUT2D eigenvalue weighted by Crippen LogP contribution is -2.35. The summed E-state index contributed by atoms with van der Waals surface area (Å²) in [6, 6.07) is 9.81. The van der Waals surface area contributed by atoms with Crippen molar-refractivity contribution < 1.29 is 18.7 Å². The van der Waals surface area contributed by atoms with E-state index >= 15 is 0 Å². The number of benzene rings is 1. The first-order chi connectivity index (χ1) is 11.1. The quantitative estimate of drug-likeness (QED) is 0.860. The molecule has 2 aromatic rings. The zero-order chi connectivity index (χ0) is 16.4. The van der Waals surface area contributed by atoms with E-state index < -0.39 is 6.10 Å². The Morgan fingerprint density at radius 3 is 2.87 bits per heavy atom. The normalized spacial score (nSPS) is 22.4. The number of aliphatic hydroxyl groups excluding tert-OH is 1. The predicted octanol–water partition coefficient (Wildman–Crippen LogP) is 3.15. The molecular weight excluding hydrogens is 297 g/mol. The fourth-order valence-electron chi connectivity index (χ4n) is 2.95. The smallest absolute Gasteiger partial charge is 0.223 e. The molecule has 0 radical (unpaired) electrons. The Bertz CT molecular complexity index is 671. The maximum absolute atomic E-state index is 13.7. The molecule has 4 atom stereocenters. The first kappa shape index (κ1) is 15.7. The third kappa shape index (κ3) is 3.62. The molecule has 3 rings (SSSR count). The Morgan fingerprint density at radius 2 is 2.17 bits per heavy atom. The fraction of sp³-hybridized carbons (Fsp3) is 0.389. The van der Waals surface area contributed by atoms with Gasteiger partial charge in [0.1, 0.15) is 17.7 Å². The minimum absolute atomic E-state index is 0.0432. The fourth-order valence-corrected chi connectivity index (χ4v) is 2.95. The zero-order valence-electron chi connectivity index (χ0n) is 12.9. The van der Waals surface area contributed by atoms with Gasteiger partial charge in [0.2, 0.25) is 5.91 Å². The lowest BCUT2D eigenvalue weighted by atomic mass is 10.1. The molecule has 0 aliphatic heterocycles. The van der Waals surface area contributed by atoms with Gasteiger partial charge in [0, 0.05) is 18.4 Å². The summed E-state index contributed by atoms with van der Waals surface area (Å²) < 4.78 is 18.9. The van der Waals surface area contributed by atoms with Crippen LogP contribution in [0.5, 0.6) is 0 Å². The molecule has 1 heterocycles. The lowest BCUT2D eigenvalue weighted by molar-refractivity contribution is -0.123. The molecule has 1 amide bonds. The second kappa shape index (κ2) is 6.54. The van der Waals surface area contributed by atoms with Crippen molar-refractivity contribution in [2.45, 2.75) is 37.8 Å². The first-order valence-electron chi connectivity index (χ1n) is 7.82. The van der Waals surface area contributed by atoms with Crippen LogP contribution in [-0.2, 0) is 4.79 Å². The van der Waals surface area contributed by atoms with Gasteiger partial charge in [0.15, 0.2) is 0 Å². The number of furan rings is 1. The van der Waals surface area contributed by atoms with Crippen LogP contribution in [0.25, 0.3) is 0 Å². The highest BCUT2D eigenvalue weighted by molar-refractivity contribution is 5.83. The van der Waals surface area contributed by atoms with Crippen LogP contribution < -0.4 is 5.32 Å². The monoisotopic (exact) mass is 317 g/mol. The van der Waals surface area contributed by atoms with Crippen LogP contribution in [0.4, 0.5) is 4.39 Å². The van der Waals surface area contributed by atoms with E-state index in [0.717, 1.165) is 0 Å². The number of halogens is 1. The summed E-state index contributed by atoms with van der Waals surface area (Å²) in [5.74, 6) is -0.0817. The van der Waals surface area contributed by atoms with Gasteiger partial charge in [-0.3, -0.25) is 4.79 Å². The molecule has 1 fully saturated rings. The van der Waals surface area contributed by atoms with Gasteiger partial charge < -0.3 is 14.8 Å². The molecule has 0 saturated heterocycles. The second-order valence-corrected chi connectivity index (χ2v) is 6.15. The minimum atomic E-state index is -0.748. The average Bonchev–Trinajstić information content (AvgIpc) is 3.11. The van der Waals surface area contributed by atoms with Crippen molar-refractivity contribution in [1.82, 2.24) is 5.32 Å². The number of hydrogen-bond donors (Lipinski definition) is 2. The minimum Gasteiger partial charge on any atom is -0.467 e. The summed E-state index contributed by atoms with van der Waals surface area (Å²) in [7, 11) is 0. The Labute approximate surface area is 134 Å². The van der Waals surface area contributed by atoms with Gasteiger partial charge in [-0.25, -0.2) is 4.39 Å². The number of aliphatic hydroxyl groups is 1. The number of nitrogens with one attached hydrogen (secondary N) is 1. The van der Waals surface area contributed by atoms with E-state index in [-0.39, 0.29) is 29.6 Å². The lowest BCUT2D eigenvalue weighted by Gasteiger charge is -2.16. The molecule has 1 aliphatic carbocycles. The van der Waals surface area contributed by atoms with Gasteiger partial charge in [0.25, 0.3) is 0 Å². The van der Waals surface area contributed by atoms with E-state index in [2.05, 4.69) is 5.32 Å². The third-order valence-corrected chi connectivity index (χ3v) is 4.27. The van der Waals surface area contributed by atoms with E-state index in [1.807, 2.05) is 6.92 Å². The van der Waals surface area contributed by atoms with Crippen molar-refractivity contribution in [1.29, 1.82) is 0 Å². The van der Waals surface area contributed by atoms with Crippen LogP contribution in [0.1, 0.15) is 43.1 Å². The van der Waals surface area contributed by atoms with Crippen molar-refractivity contribution in [3.8, 4) is 0 Å². The van der Waals surface area contributed by atoms with Gasteiger partial charge in [-0.05, 0) is 43.0 Å². The summed E-state index contributed by atoms with van der Waals surface area (Å²) in [4.78, 5) is 12.2. The Kier molecular flexibility index (Phi) is 4.48. The summed E-state index contributed by atoms with van der Waals surface area (Å²) in [5, 5.41) is 12.9. The number of rotatable bonds is 6. The standard InChI is InChI=1S/C18H20FNO3/c1-11(9-16(21)17-7-4-8-23-17)20-18(22)14-10-13(14)12-5-2-3-6-15(12)19/h2-8,11,13-14,16,21H,9-10H2,1H3,(H,20,22). The van der Waals surface area contributed by atoms with E-state index in [1.54, 1.807) is 30.3 Å². The summed E-state index contributed by atoms with van der Waals surface area (Å²) in [5.41, 5.74) is 0.607. The highest BCUT2D eigenvalue weighted by Gasteiger charge is 2.45. The van der Waals surface area contributed by atoms with E-state index in [9.17, 15) is 14.3 Å². The Hall–Kier alpha value is -2.14. The number of carbonyl (C=O) groups is 1. The zero-order valence-corrected chi connectivity index (χ0v) is 12.9. The number of carbonyl (C=O) groups excluding carboxylic acids is 1. The Balaban J connectivity index is 1.51. The van der Waals surface area contributed by atoms with Gasteiger partial charge in [-0.1, -0.05) is 18.2 Å². The van der Waals surface area contributed by atoms with Crippen molar-refractivity contribution >= 4 is 5.91 Å². The van der Waals surface area contributed by atoms with Crippen LogP contribution in [0.3, 0.4) is 0 Å². The molecule has 1 aromatic heterocycles. The average molecular weight is 317 g/mol. The first-order valence-corrected chi connectivity index (χ1v) is 7.82. The van der Waals surface area contributed by atoms with Crippen molar-refractivity contribution in [3.05, 3.63) is 59.8 Å².